The van der Waals surface area contributed by atoms with Gasteiger partial charge in [0, 0.05) is 0 Å². The van der Waals surface area contributed by atoms with Crippen molar-refractivity contribution in [1.29, 1.82) is 0 Å². The van der Waals surface area contributed by atoms with Crippen LogP contribution in [0.3, 0.4) is 0 Å². The fraction of sp³-hybridized carbons (Fsp3) is 0.156. The quantitative estimate of drug-likeness (QED) is 0.138. The van der Waals surface area contributed by atoms with Gasteiger partial charge in [0.15, 0.2) is 0 Å². The minimum absolute atomic E-state index is 0.539. The van der Waals surface area contributed by atoms with Crippen molar-refractivity contribution in [2.24, 2.45) is 0 Å². The third kappa shape index (κ3) is 6.00. The number of hydrogen-bond acceptors (Lipinski definition) is 0. The molecule has 178 valence electrons. The first-order chi connectivity index (χ1) is 17.4. The van der Waals surface area contributed by atoms with Gasteiger partial charge < -0.3 is 0 Å². The van der Waals surface area contributed by atoms with Gasteiger partial charge >= 0.3 is 37.9 Å². The SMILES string of the molecule is Cc1cc2c(-c3ccccc3C(C)C)c(C)ccc2[cH-]1.[Cl][Zr+2][Cl].[c-]1cccc2c1[Si]c1ccccc1-2. The van der Waals surface area contributed by atoms with Crippen LogP contribution in [-0.4, -0.2) is 9.52 Å². The van der Waals surface area contributed by atoms with Crippen molar-refractivity contribution < 1.29 is 20.8 Å². The van der Waals surface area contributed by atoms with Gasteiger partial charge in [-0.2, -0.15) is 35.5 Å². The molecule has 0 N–H and O–H groups in total. The van der Waals surface area contributed by atoms with E-state index in [1.807, 2.05) is 6.07 Å². The Morgan fingerprint density at radius 3 is 2.25 bits per heavy atom. The Kier molecular flexibility index (Phi) is 9.53. The molecule has 0 fully saturated rings. The molecule has 0 aliphatic carbocycles. The molecule has 0 spiro atoms. The summed E-state index contributed by atoms with van der Waals surface area (Å²) in [4.78, 5) is 0. The average molecular weight is 603 g/mol. The van der Waals surface area contributed by atoms with Crippen molar-refractivity contribution >= 4 is 47.7 Å². The molecule has 1 aliphatic rings. The first-order valence-corrected chi connectivity index (χ1v) is 19.4. The van der Waals surface area contributed by atoms with Gasteiger partial charge in [0.1, 0.15) is 0 Å². The number of hydrogen-bond donors (Lipinski definition) is 0. The molecule has 1 heterocycles. The summed E-state index contributed by atoms with van der Waals surface area (Å²) in [6, 6.07) is 36.1. The minimum Gasteiger partial charge on any atom is -0.184 e. The van der Waals surface area contributed by atoms with Crippen molar-refractivity contribution in [3.63, 3.8) is 0 Å². The van der Waals surface area contributed by atoms with Gasteiger partial charge in [-0.3, -0.25) is 0 Å². The fourth-order valence-corrected chi connectivity index (χ4v) is 6.16. The summed E-state index contributed by atoms with van der Waals surface area (Å²) < 4.78 is 0. The summed E-state index contributed by atoms with van der Waals surface area (Å²) in [7, 11) is 10.7. The summed E-state index contributed by atoms with van der Waals surface area (Å²) in [6.07, 6.45) is 0. The van der Waals surface area contributed by atoms with Crippen LogP contribution in [0.5, 0.6) is 0 Å². The molecule has 0 unspecified atom stereocenters. The van der Waals surface area contributed by atoms with Gasteiger partial charge in [-0.1, -0.05) is 91.2 Å². The number of halogens is 2. The topological polar surface area (TPSA) is 0 Å². The smallest absolute Gasteiger partial charge is 0.0920 e. The molecule has 4 heteroatoms. The second kappa shape index (κ2) is 12.6. The zero-order chi connectivity index (χ0) is 25.7. The Morgan fingerprint density at radius 1 is 0.833 bits per heavy atom. The van der Waals surface area contributed by atoms with Crippen molar-refractivity contribution in [3.8, 4) is 22.3 Å². The van der Waals surface area contributed by atoms with Gasteiger partial charge in [-0.05, 0) is 24.0 Å². The first-order valence-electron chi connectivity index (χ1n) is 12.0. The van der Waals surface area contributed by atoms with Gasteiger partial charge in [0.05, 0.1) is 9.52 Å². The maximum Gasteiger partial charge on any atom is 0.0920 e. The van der Waals surface area contributed by atoms with E-state index in [1.165, 1.54) is 60.1 Å². The third-order valence-corrected chi connectivity index (χ3v) is 7.80. The number of fused-ring (bicyclic) bond motifs is 4. The van der Waals surface area contributed by atoms with Crippen LogP contribution in [0.4, 0.5) is 0 Å². The molecule has 0 atom stereocenters. The molecule has 2 radical (unpaired) electrons. The van der Waals surface area contributed by atoms with Crippen LogP contribution in [0.25, 0.3) is 33.0 Å². The van der Waals surface area contributed by atoms with Gasteiger partial charge in [-0.15, -0.1) is 40.1 Å². The molecule has 36 heavy (non-hydrogen) atoms. The van der Waals surface area contributed by atoms with Crippen LogP contribution in [0.2, 0.25) is 0 Å². The number of rotatable bonds is 2. The average Bonchev–Trinajstić information content (AvgIpc) is 3.44. The Balaban J connectivity index is 0.000000163. The molecule has 1 aliphatic heterocycles. The Morgan fingerprint density at radius 2 is 1.50 bits per heavy atom. The zero-order valence-electron chi connectivity index (χ0n) is 21.0. The molecule has 5 aromatic rings. The maximum atomic E-state index is 4.93. The Bertz CT molecular complexity index is 1430. The van der Waals surface area contributed by atoms with Crippen LogP contribution in [0.15, 0.2) is 91.0 Å². The van der Waals surface area contributed by atoms with Crippen LogP contribution in [0.1, 0.15) is 36.5 Å². The number of benzene rings is 4. The van der Waals surface area contributed by atoms with Gasteiger partial charge in [0.2, 0.25) is 0 Å². The number of aryl methyl sites for hydroxylation is 2. The van der Waals surface area contributed by atoms with Gasteiger partial charge in [0.25, 0.3) is 0 Å². The van der Waals surface area contributed by atoms with E-state index in [0.29, 0.717) is 5.92 Å². The molecule has 0 bridgehead atoms. The van der Waals surface area contributed by atoms with Crippen LogP contribution < -0.4 is 10.4 Å². The molecule has 5 aromatic carbocycles. The molecule has 0 saturated heterocycles. The van der Waals surface area contributed by atoms with E-state index in [1.54, 1.807) is 0 Å². The standard InChI is InChI=1S/C20H21.C12H7Si.2ClH.Zr/c1-13(2)17-7-5-6-8-18(17)20-15(4)9-10-16-11-14(3)12-19(16)20;1-3-7-11-9(5-1)10-6-2-4-8-12(10)13-11;;;/h5-13H,1-4H3;1-7H;2*1H;/q2*-1;;;+4/p-2. The van der Waals surface area contributed by atoms with E-state index in [4.69, 9.17) is 17.0 Å². The van der Waals surface area contributed by atoms with E-state index in [9.17, 15) is 0 Å². The molecular weight excluding hydrogens is 575 g/mol. The van der Waals surface area contributed by atoms with Crippen molar-refractivity contribution in [2.45, 2.75) is 33.6 Å². The maximum absolute atomic E-state index is 4.93. The molecule has 0 amide bonds. The predicted molar refractivity (Wildman–Crippen MR) is 156 cm³/mol. The Labute approximate surface area is 236 Å². The summed E-state index contributed by atoms with van der Waals surface area (Å²) in [5.41, 5.74) is 9.69. The fourth-order valence-electron chi connectivity index (χ4n) is 4.85. The predicted octanol–water partition coefficient (Wildman–Crippen LogP) is 8.46. The van der Waals surface area contributed by atoms with E-state index < -0.39 is 20.8 Å². The molecule has 0 aromatic heterocycles. The third-order valence-electron chi connectivity index (χ3n) is 6.43. The van der Waals surface area contributed by atoms with Crippen molar-refractivity contribution in [1.82, 2.24) is 0 Å². The van der Waals surface area contributed by atoms with Gasteiger partial charge in [-0.25, -0.2) is 0 Å². The van der Waals surface area contributed by atoms with Crippen molar-refractivity contribution in [2.75, 3.05) is 0 Å². The monoisotopic (exact) mass is 600 g/mol. The summed E-state index contributed by atoms with van der Waals surface area (Å²) in [5.74, 6) is 0.539. The minimum atomic E-state index is -0.826. The molecule has 6 rings (SSSR count). The summed E-state index contributed by atoms with van der Waals surface area (Å²) >= 11 is -0.826. The molecular formula is C32H28Cl2SiZr. The second-order valence-corrected chi connectivity index (χ2v) is 14.3. The first kappa shape index (κ1) is 27.2. The Hall–Kier alpha value is -1.83. The molecule has 0 saturated carbocycles. The normalized spacial score (nSPS) is 11.1. The van der Waals surface area contributed by atoms with E-state index >= 15 is 0 Å². The van der Waals surface area contributed by atoms with E-state index in [0.717, 1.165) is 9.52 Å². The summed E-state index contributed by atoms with van der Waals surface area (Å²) in [5, 5.41) is 5.56. The second-order valence-electron chi connectivity index (χ2n) is 9.24. The van der Waals surface area contributed by atoms with E-state index in [-0.39, 0.29) is 0 Å². The van der Waals surface area contributed by atoms with Crippen molar-refractivity contribution in [3.05, 3.63) is 114 Å². The summed E-state index contributed by atoms with van der Waals surface area (Å²) in [6.45, 7) is 8.93. The zero-order valence-corrected chi connectivity index (χ0v) is 26.0. The largest absolute Gasteiger partial charge is 0.184 e. The van der Waals surface area contributed by atoms with Crippen LogP contribution >= 0.6 is 17.0 Å². The van der Waals surface area contributed by atoms with Crippen LogP contribution in [0, 0.1) is 19.9 Å². The van der Waals surface area contributed by atoms with Crippen LogP contribution in [-0.2, 0) is 20.8 Å². The molecule has 0 nitrogen and oxygen atoms in total. The van der Waals surface area contributed by atoms with E-state index in [2.05, 4.69) is 119 Å².